The third-order valence-corrected chi connectivity index (χ3v) is 3.84. The Morgan fingerprint density at radius 2 is 1.78 bits per heavy atom. The molecule has 0 bridgehead atoms. The summed E-state index contributed by atoms with van der Waals surface area (Å²) in [6.45, 7) is 8.32. The zero-order valence-corrected chi connectivity index (χ0v) is 12.2. The Morgan fingerprint density at radius 3 is 2.22 bits per heavy atom. The van der Waals surface area contributed by atoms with E-state index in [9.17, 15) is 4.79 Å². The maximum absolute atomic E-state index is 12.2. The van der Waals surface area contributed by atoms with Gasteiger partial charge in [0.15, 0.2) is 0 Å². The van der Waals surface area contributed by atoms with Crippen molar-refractivity contribution in [3.8, 4) is 0 Å². The predicted octanol–water partition coefficient (Wildman–Crippen LogP) is 4.05. The SMILES string of the molecule is CC[C@H]1C(=O)N(C(C)(C)C)[C@H]1c1ccc(Cl)cc1. The fraction of sp³-hybridized carbons (Fsp3) is 0.533. The van der Waals surface area contributed by atoms with Crippen molar-refractivity contribution in [2.45, 2.75) is 45.7 Å². The molecule has 1 fully saturated rings. The molecule has 98 valence electrons. The summed E-state index contributed by atoms with van der Waals surface area (Å²) in [5.74, 6) is 0.385. The van der Waals surface area contributed by atoms with Crippen LogP contribution in [-0.4, -0.2) is 16.3 Å². The van der Waals surface area contributed by atoms with E-state index in [1.807, 2.05) is 29.2 Å². The normalized spacial score (nSPS) is 24.1. The van der Waals surface area contributed by atoms with Gasteiger partial charge >= 0.3 is 0 Å². The average molecular weight is 266 g/mol. The van der Waals surface area contributed by atoms with Gasteiger partial charge in [-0.1, -0.05) is 30.7 Å². The van der Waals surface area contributed by atoms with E-state index in [4.69, 9.17) is 11.6 Å². The number of hydrogen-bond donors (Lipinski definition) is 0. The molecule has 1 saturated heterocycles. The van der Waals surface area contributed by atoms with Crippen molar-refractivity contribution in [2.75, 3.05) is 0 Å². The Bertz CT molecular complexity index is 447. The van der Waals surface area contributed by atoms with E-state index in [1.54, 1.807) is 0 Å². The van der Waals surface area contributed by atoms with Crippen molar-refractivity contribution < 1.29 is 4.79 Å². The maximum atomic E-state index is 12.2. The summed E-state index contributed by atoms with van der Waals surface area (Å²) in [6.07, 6.45) is 0.888. The first-order valence-electron chi connectivity index (χ1n) is 6.45. The third kappa shape index (κ3) is 2.14. The average Bonchev–Trinajstić information content (AvgIpc) is 2.26. The molecular weight excluding hydrogens is 246 g/mol. The van der Waals surface area contributed by atoms with Crippen LogP contribution in [0.25, 0.3) is 0 Å². The molecule has 1 amide bonds. The summed E-state index contributed by atoms with van der Waals surface area (Å²) in [7, 11) is 0. The summed E-state index contributed by atoms with van der Waals surface area (Å²) in [4.78, 5) is 14.2. The summed E-state index contributed by atoms with van der Waals surface area (Å²) in [5, 5.41) is 0.736. The Balaban J connectivity index is 2.33. The monoisotopic (exact) mass is 265 g/mol. The molecule has 1 aromatic rings. The van der Waals surface area contributed by atoms with Crippen LogP contribution in [0.1, 0.15) is 45.7 Å². The molecule has 0 unspecified atom stereocenters. The van der Waals surface area contributed by atoms with Crippen LogP contribution in [0.4, 0.5) is 0 Å². The van der Waals surface area contributed by atoms with Gasteiger partial charge in [0.1, 0.15) is 0 Å². The van der Waals surface area contributed by atoms with Crippen LogP contribution in [0, 0.1) is 5.92 Å². The fourth-order valence-electron chi connectivity index (χ4n) is 2.74. The second-order valence-corrected chi connectivity index (χ2v) is 6.33. The van der Waals surface area contributed by atoms with E-state index in [2.05, 4.69) is 27.7 Å². The predicted molar refractivity (Wildman–Crippen MR) is 74.6 cm³/mol. The minimum atomic E-state index is -0.132. The van der Waals surface area contributed by atoms with Crippen LogP contribution in [0.15, 0.2) is 24.3 Å². The highest BCUT2D eigenvalue weighted by Gasteiger charge is 2.50. The first kappa shape index (κ1) is 13.4. The lowest BCUT2D eigenvalue weighted by Gasteiger charge is -2.54. The molecule has 0 N–H and O–H groups in total. The van der Waals surface area contributed by atoms with Gasteiger partial charge in [-0.3, -0.25) is 4.79 Å². The lowest BCUT2D eigenvalue weighted by Crippen LogP contribution is -2.61. The first-order chi connectivity index (χ1) is 8.36. The van der Waals surface area contributed by atoms with E-state index >= 15 is 0 Å². The molecule has 2 rings (SSSR count). The largest absolute Gasteiger partial charge is 0.330 e. The summed E-state index contributed by atoms with van der Waals surface area (Å²) in [5.41, 5.74) is 1.05. The summed E-state index contributed by atoms with van der Waals surface area (Å²) < 4.78 is 0. The lowest BCUT2D eigenvalue weighted by atomic mass is 9.77. The van der Waals surface area contributed by atoms with Gasteiger partial charge < -0.3 is 4.90 Å². The summed E-state index contributed by atoms with van der Waals surface area (Å²) >= 11 is 5.92. The second kappa shape index (κ2) is 4.58. The van der Waals surface area contributed by atoms with Crippen molar-refractivity contribution in [1.82, 2.24) is 4.90 Å². The van der Waals surface area contributed by atoms with E-state index in [0.29, 0.717) is 0 Å². The van der Waals surface area contributed by atoms with Gasteiger partial charge in [-0.15, -0.1) is 0 Å². The third-order valence-electron chi connectivity index (χ3n) is 3.59. The van der Waals surface area contributed by atoms with Gasteiger partial charge in [0.05, 0.1) is 12.0 Å². The van der Waals surface area contributed by atoms with E-state index in [-0.39, 0.29) is 23.4 Å². The van der Waals surface area contributed by atoms with Crippen LogP contribution in [0.2, 0.25) is 5.02 Å². The highest BCUT2D eigenvalue weighted by molar-refractivity contribution is 6.30. The second-order valence-electron chi connectivity index (χ2n) is 5.89. The fourth-order valence-corrected chi connectivity index (χ4v) is 2.86. The Hall–Kier alpha value is -1.02. The van der Waals surface area contributed by atoms with Crippen LogP contribution in [-0.2, 0) is 4.79 Å². The molecule has 0 spiro atoms. The molecule has 18 heavy (non-hydrogen) atoms. The standard InChI is InChI=1S/C15H20ClNO/c1-5-12-13(10-6-8-11(16)9-7-10)17(14(12)18)15(2,3)4/h6-9,12-13H,5H2,1-4H3/t12-,13+/m1/s1. The molecule has 1 aromatic carbocycles. The van der Waals surface area contributed by atoms with Crippen LogP contribution in [0.5, 0.6) is 0 Å². The Morgan fingerprint density at radius 1 is 1.22 bits per heavy atom. The van der Waals surface area contributed by atoms with Crippen LogP contribution < -0.4 is 0 Å². The maximum Gasteiger partial charge on any atom is 0.229 e. The number of β-lactam (4-membered cyclic amide) rings is 1. The van der Waals surface area contributed by atoms with Crippen molar-refractivity contribution in [3.05, 3.63) is 34.9 Å². The highest BCUT2D eigenvalue weighted by Crippen LogP contribution is 2.46. The number of amides is 1. The van der Waals surface area contributed by atoms with Gasteiger partial charge in [0, 0.05) is 10.6 Å². The minimum Gasteiger partial charge on any atom is -0.330 e. The number of nitrogens with zero attached hydrogens (tertiary/aromatic N) is 1. The molecule has 3 heteroatoms. The van der Waals surface area contributed by atoms with Crippen LogP contribution in [0.3, 0.4) is 0 Å². The van der Waals surface area contributed by atoms with Gasteiger partial charge in [-0.25, -0.2) is 0 Å². The van der Waals surface area contributed by atoms with E-state index in [0.717, 1.165) is 11.4 Å². The molecule has 0 saturated carbocycles. The van der Waals surface area contributed by atoms with E-state index < -0.39 is 0 Å². The number of carbonyl (C=O) groups is 1. The number of likely N-dealkylation sites (tertiary alicyclic amines) is 1. The molecular formula is C15H20ClNO. The Kier molecular flexibility index (Phi) is 3.41. The molecule has 0 aromatic heterocycles. The van der Waals surface area contributed by atoms with Gasteiger partial charge in [-0.2, -0.15) is 0 Å². The number of carbonyl (C=O) groups excluding carboxylic acids is 1. The molecule has 2 nitrogen and oxygen atoms in total. The first-order valence-corrected chi connectivity index (χ1v) is 6.82. The van der Waals surface area contributed by atoms with Crippen molar-refractivity contribution in [1.29, 1.82) is 0 Å². The van der Waals surface area contributed by atoms with Gasteiger partial charge in [0.2, 0.25) is 5.91 Å². The van der Waals surface area contributed by atoms with Gasteiger partial charge in [-0.05, 0) is 44.9 Å². The molecule has 0 radical (unpaired) electrons. The zero-order chi connectivity index (χ0) is 13.5. The molecule has 0 aliphatic carbocycles. The topological polar surface area (TPSA) is 20.3 Å². The Labute approximate surface area is 114 Å². The minimum absolute atomic E-state index is 0.116. The summed E-state index contributed by atoms with van der Waals surface area (Å²) in [6, 6.07) is 8.04. The van der Waals surface area contributed by atoms with Gasteiger partial charge in [0.25, 0.3) is 0 Å². The molecule has 2 atom stereocenters. The number of halogens is 1. The number of hydrogen-bond acceptors (Lipinski definition) is 1. The van der Waals surface area contributed by atoms with Crippen molar-refractivity contribution in [3.63, 3.8) is 0 Å². The van der Waals surface area contributed by atoms with E-state index in [1.165, 1.54) is 5.56 Å². The molecule has 1 heterocycles. The number of rotatable bonds is 2. The quantitative estimate of drug-likeness (QED) is 0.739. The highest BCUT2D eigenvalue weighted by atomic mass is 35.5. The zero-order valence-electron chi connectivity index (χ0n) is 11.4. The smallest absolute Gasteiger partial charge is 0.229 e. The molecule has 1 aliphatic heterocycles. The lowest BCUT2D eigenvalue weighted by molar-refractivity contribution is -0.167. The van der Waals surface area contributed by atoms with Crippen molar-refractivity contribution in [2.24, 2.45) is 5.92 Å². The molecule has 1 aliphatic rings. The van der Waals surface area contributed by atoms with Crippen molar-refractivity contribution >= 4 is 17.5 Å². The van der Waals surface area contributed by atoms with Crippen LogP contribution >= 0.6 is 11.6 Å². The number of benzene rings is 1.